The number of pyridine rings is 1. The van der Waals surface area contributed by atoms with E-state index in [0.717, 1.165) is 22.1 Å². The van der Waals surface area contributed by atoms with E-state index in [2.05, 4.69) is 39.7 Å². The molecule has 5 nitrogen and oxygen atoms in total. The summed E-state index contributed by atoms with van der Waals surface area (Å²) >= 11 is 1.57. The van der Waals surface area contributed by atoms with Crippen LogP contribution in [0.15, 0.2) is 71.0 Å². The van der Waals surface area contributed by atoms with Crippen LogP contribution in [0.25, 0.3) is 11.3 Å². The molecule has 0 aliphatic heterocycles. The molecule has 0 N–H and O–H groups in total. The predicted molar refractivity (Wildman–Crippen MR) is 104 cm³/mol. The number of thioether (sulfide) groups is 1. The topological polar surface area (TPSA) is 52.2 Å². The van der Waals surface area contributed by atoms with Gasteiger partial charge in [-0.2, -0.15) is 0 Å². The molecule has 6 heteroatoms. The van der Waals surface area contributed by atoms with E-state index in [9.17, 15) is 4.79 Å². The van der Waals surface area contributed by atoms with Gasteiger partial charge in [0.2, 0.25) is 0 Å². The summed E-state index contributed by atoms with van der Waals surface area (Å²) in [7, 11) is 0. The van der Waals surface area contributed by atoms with Crippen LogP contribution in [0, 0.1) is 13.8 Å². The van der Waals surface area contributed by atoms with E-state index in [-0.39, 0.29) is 5.56 Å². The predicted octanol–water partition coefficient (Wildman–Crippen LogP) is 3.79. The van der Waals surface area contributed by atoms with E-state index in [1.807, 2.05) is 31.3 Å². The first kappa shape index (κ1) is 16.6. The summed E-state index contributed by atoms with van der Waals surface area (Å²) < 4.78 is 3.63. The van der Waals surface area contributed by atoms with Crippen LogP contribution in [-0.2, 0) is 5.75 Å². The minimum absolute atomic E-state index is 0.0590. The summed E-state index contributed by atoms with van der Waals surface area (Å²) in [5.41, 5.74) is 4.67. The fourth-order valence-electron chi connectivity index (χ4n) is 2.89. The molecule has 0 aliphatic carbocycles. The van der Waals surface area contributed by atoms with Crippen LogP contribution in [-0.4, -0.2) is 18.9 Å². The first-order chi connectivity index (χ1) is 12.6. The molecule has 0 radical (unpaired) electrons. The van der Waals surface area contributed by atoms with Gasteiger partial charge in [-0.25, -0.2) is 9.97 Å². The van der Waals surface area contributed by atoms with Crippen molar-refractivity contribution in [2.24, 2.45) is 0 Å². The van der Waals surface area contributed by atoms with Gasteiger partial charge in [0.1, 0.15) is 5.65 Å². The lowest BCUT2D eigenvalue weighted by molar-refractivity contribution is 0.892. The average molecular weight is 362 g/mol. The van der Waals surface area contributed by atoms with Gasteiger partial charge in [0.25, 0.3) is 5.56 Å². The van der Waals surface area contributed by atoms with Crippen LogP contribution in [0.1, 0.15) is 16.8 Å². The molecule has 0 bridgehead atoms. The van der Waals surface area contributed by atoms with Gasteiger partial charge in [-0.05, 0) is 43.2 Å². The first-order valence-electron chi connectivity index (χ1n) is 8.33. The van der Waals surface area contributed by atoms with Gasteiger partial charge < -0.3 is 0 Å². The lowest BCUT2D eigenvalue weighted by atomic mass is 10.2. The van der Waals surface area contributed by atoms with Crippen LogP contribution in [0.2, 0.25) is 0 Å². The normalized spacial score (nSPS) is 11.2. The molecule has 0 aliphatic rings. The Morgan fingerprint density at radius 1 is 1.08 bits per heavy atom. The molecule has 3 heterocycles. The van der Waals surface area contributed by atoms with Crippen molar-refractivity contribution in [1.82, 2.24) is 18.9 Å². The Kier molecular flexibility index (Phi) is 4.34. The molecule has 4 rings (SSSR count). The number of aryl methyl sites for hydroxylation is 2. The molecule has 0 fully saturated rings. The molecule has 0 spiro atoms. The maximum atomic E-state index is 12.3. The molecule has 4 aromatic rings. The summed E-state index contributed by atoms with van der Waals surface area (Å²) in [4.78, 5) is 21.4. The van der Waals surface area contributed by atoms with Crippen LogP contribution in [0.4, 0.5) is 0 Å². The third-order valence-electron chi connectivity index (χ3n) is 4.18. The molecule has 0 unspecified atom stereocenters. The molecule has 0 saturated carbocycles. The van der Waals surface area contributed by atoms with Gasteiger partial charge in [0.15, 0.2) is 5.16 Å². The summed E-state index contributed by atoms with van der Waals surface area (Å²) in [5, 5.41) is 0.877. The summed E-state index contributed by atoms with van der Waals surface area (Å²) in [6.07, 6.45) is 5.49. The second-order valence-corrected chi connectivity index (χ2v) is 7.12. The first-order valence-corrected chi connectivity index (χ1v) is 9.31. The van der Waals surface area contributed by atoms with Crippen LogP contribution < -0.4 is 5.56 Å². The minimum Gasteiger partial charge on any atom is -0.295 e. The lowest BCUT2D eigenvalue weighted by Gasteiger charge is -2.09. The van der Waals surface area contributed by atoms with Gasteiger partial charge in [-0.15, -0.1) is 0 Å². The standard InChI is InChI=1S/C20H18N4OS/c1-14-5-3-7-17(11-14)23-10-8-21-20(23)26-13-16-12-18(25)24-9-4-6-15(2)19(24)22-16/h3-12H,13H2,1-2H3. The molecule has 0 atom stereocenters. The van der Waals surface area contributed by atoms with E-state index < -0.39 is 0 Å². The van der Waals surface area contributed by atoms with E-state index in [0.29, 0.717) is 11.4 Å². The summed E-state index contributed by atoms with van der Waals surface area (Å²) in [5.74, 6) is 0.586. The maximum absolute atomic E-state index is 12.3. The van der Waals surface area contributed by atoms with Crippen LogP contribution in [0.3, 0.4) is 0 Å². The Labute approximate surface area is 155 Å². The number of hydrogen-bond acceptors (Lipinski definition) is 4. The zero-order valence-corrected chi connectivity index (χ0v) is 15.4. The van der Waals surface area contributed by atoms with Crippen molar-refractivity contribution in [2.45, 2.75) is 24.8 Å². The third kappa shape index (κ3) is 3.15. The van der Waals surface area contributed by atoms with Gasteiger partial charge >= 0.3 is 0 Å². The third-order valence-corrected chi connectivity index (χ3v) is 5.18. The number of benzene rings is 1. The van der Waals surface area contributed by atoms with E-state index in [1.54, 1.807) is 34.6 Å². The molecule has 130 valence electrons. The summed E-state index contributed by atoms with van der Waals surface area (Å²) in [6.45, 7) is 4.03. The van der Waals surface area contributed by atoms with E-state index in [4.69, 9.17) is 0 Å². The molecule has 3 aromatic heterocycles. The van der Waals surface area contributed by atoms with Crippen molar-refractivity contribution in [1.29, 1.82) is 0 Å². The van der Waals surface area contributed by atoms with Gasteiger partial charge in [-0.3, -0.25) is 13.8 Å². The number of fused-ring (bicyclic) bond motifs is 1. The van der Waals surface area contributed by atoms with Gasteiger partial charge in [0, 0.05) is 36.1 Å². The number of rotatable bonds is 4. The van der Waals surface area contributed by atoms with Crippen molar-refractivity contribution < 1.29 is 0 Å². The Balaban J connectivity index is 1.63. The molecule has 1 aromatic carbocycles. The zero-order chi connectivity index (χ0) is 18.1. The summed E-state index contributed by atoms with van der Waals surface area (Å²) in [6, 6.07) is 13.7. The fourth-order valence-corrected chi connectivity index (χ4v) is 3.76. The Bertz CT molecular complexity index is 1150. The highest BCUT2D eigenvalue weighted by Gasteiger charge is 2.09. The molecule has 26 heavy (non-hydrogen) atoms. The van der Waals surface area contributed by atoms with E-state index in [1.165, 1.54) is 5.56 Å². The lowest BCUT2D eigenvalue weighted by Crippen LogP contribution is -2.15. The van der Waals surface area contributed by atoms with Crippen LogP contribution in [0.5, 0.6) is 0 Å². The van der Waals surface area contributed by atoms with Crippen molar-refractivity contribution in [2.75, 3.05) is 0 Å². The van der Waals surface area contributed by atoms with Crippen LogP contribution >= 0.6 is 11.8 Å². The Hall–Kier alpha value is -2.86. The second-order valence-electron chi connectivity index (χ2n) is 6.18. The number of aromatic nitrogens is 4. The molecule has 0 saturated heterocycles. The highest BCUT2D eigenvalue weighted by atomic mass is 32.2. The number of nitrogens with zero attached hydrogens (tertiary/aromatic N) is 4. The monoisotopic (exact) mass is 362 g/mol. The Morgan fingerprint density at radius 2 is 1.96 bits per heavy atom. The van der Waals surface area contributed by atoms with Crippen molar-refractivity contribution in [3.05, 3.63) is 88.2 Å². The maximum Gasteiger partial charge on any atom is 0.258 e. The molecular weight excluding hydrogens is 344 g/mol. The SMILES string of the molecule is Cc1cccc(-n2ccnc2SCc2cc(=O)n3cccc(C)c3n2)c1. The highest BCUT2D eigenvalue weighted by molar-refractivity contribution is 7.98. The smallest absolute Gasteiger partial charge is 0.258 e. The fraction of sp³-hybridized carbons (Fsp3) is 0.150. The number of imidazole rings is 1. The van der Waals surface area contributed by atoms with Crippen molar-refractivity contribution in [3.8, 4) is 5.69 Å². The van der Waals surface area contributed by atoms with Gasteiger partial charge in [0.05, 0.1) is 5.69 Å². The van der Waals surface area contributed by atoms with E-state index >= 15 is 0 Å². The minimum atomic E-state index is -0.0590. The quantitative estimate of drug-likeness (QED) is 0.518. The molecule has 0 amide bonds. The largest absolute Gasteiger partial charge is 0.295 e. The van der Waals surface area contributed by atoms with Gasteiger partial charge in [-0.1, -0.05) is 30.0 Å². The highest BCUT2D eigenvalue weighted by Crippen LogP contribution is 2.24. The second kappa shape index (κ2) is 6.80. The van der Waals surface area contributed by atoms with Crippen molar-refractivity contribution in [3.63, 3.8) is 0 Å². The number of hydrogen-bond donors (Lipinski definition) is 0. The zero-order valence-electron chi connectivity index (χ0n) is 14.6. The van der Waals surface area contributed by atoms with Crippen molar-refractivity contribution >= 4 is 17.4 Å². The average Bonchev–Trinajstić information content (AvgIpc) is 3.09. The Morgan fingerprint density at radius 3 is 2.81 bits per heavy atom. The molecular formula is C20H18N4OS.